The molecule has 1 atom stereocenters. The maximum Gasteiger partial charge on any atom is 0.143 e. The lowest BCUT2D eigenvalue weighted by Gasteiger charge is -2.32. The van der Waals surface area contributed by atoms with Gasteiger partial charge in [0.2, 0.25) is 0 Å². The van der Waals surface area contributed by atoms with E-state index < -0.39 is 0 Å². The Labute approximate surface area is 207 Å². The van der Waals surface area contributed by atoms with Crippen molar-refractivity contribution in [1.82, 2.24) is 4.90 Å². The Bertz CT molecular complexity index is 1140. The first-order valence-corrected chi connectivity index (χ1v) is 13.0. The van der Waals surface area contributed by atoms with E-state index in [1.54, 1.807) is 0 Å². The summed E-state index contributed by atoms with van der Waals surface area (Å²) >= 11 is 6.45. The molecular formula is C29H32ClN3O. The molecule has 0 aliphatic carbocycles. The average Bonchev–Trinajstić information content (AvgIpc) is 3.54. The van der Waals surface area contributed by atoms with Gasteiger partial charge in [-0.25, -0.2) is 0 Å². The van der Waals surface area contributed by atoms with Gasteiger partial charge < -0.3 is 19.4 Å². The Hall–Kier alpha value is -2.69. The maximum absolute atomic E-state index is 6.45. The summed E-state index contributed by atoms with van der Waals surface area (Å²) in [6.07, 6.45) is 4.87. The molecule has 3 aromatic carbocycles. The molecular weight excluding hydrogens is 442 g/mol. The highest BCUT2D eigenvalue weighted by Crippen LogP contribution is 2.43. The second kappa shape index (κ2) is 9.52. The molecule has 3 heterocycles. The fourth-order valence-corrected chi connectivity index (χ4v) is 5.87. The van der Waals surface area contributed by atoms with E-state index in [2.05, 4.69) is 75.4 Å². The van der Waals surface area contributed by atoms with Gasteiger partial charge in [-0.2, -0.15) is 0 Å². The third kappa shape index (κ3) is 4.37. The molecule has 0 amide bonds. The summed E-state index contributed by atoms with van der Waals surface area (Å²) in [4.78, 5) is 7.59. The van der Waals surface area contributed by atoms with Crippen molar-refractivity contribution in [2.24, 2.45) is 0 Å². The standard InChI is InChI=1S/C29H32ClN3O/c30-24-10-9-23-21-34-29-6-2-1-5-27(29)33(28(23)19-24)26-14-18-31(20-26)17-13-22-7-11-25(12-8-22)32-15-3-4-16-32/h1-2,5-12,19,26H,3-4,13-18,20-21H2. The number of rotatable bonds is 5. The molecule has 6 rings (SSSR count). The molecule has 2 fully saturated rings. The van der Waals surface area contributed by atoms with Crippen LogP contribution in [0.25, 0.3) is 0 Å². The van der Waals surface area contributed by atoms with E-state index in [4.69, 9.17) is 16.3 Å². The summed E-state index contributed by atoms with van der Waals surface area (Å²) in [7, 11) is 0. The minimum atomic E-state index is 0.401. The molecule has 176 valence electrons. The SMILES string of the molecule is Clc1ccc2c(c1)N(C1CCN(CCc3ccc(N4CCCC4)cc3)C1)c1ccccc1OC2. The summed E-state index contributed by atoms with van der Waals surface area (Å²) in [6.45, 7) is 6.23. The highest BCUT2D eigenvalue weighted by atomic mass is 35.5. The van der Waals surface area contributed by atoms with Crippen LogP contribution < -0.4 is 14.5 Å². The summed E-state index contributed by atoms with van der Waals surface area (Å²) in [5.41, 5.74) is 6.32. The zero-order valence-corrected chi connectivity index (χ0v) is 20.4. The van der Waals surface area contributed by atoms with Crippen molar-refractivity contribution in [3.05, 3.63) is 82.9 Å². The second-order valence-corrected chi connectivity index (χ2v) is 10.2. The Balaban J connectivity index is 1.16. The summed E-state index contributed by atoms with van der Waals surface area (Å²) in [6, 6.07) is 24.2. The maximum atomic E-state index is 6.45. The van der Waals surface area contributed by atoms with Crippen molar-refractivity contribution < 1.29 is 4.74 Å². The van der Waals surface area contributed by atoms with E-state index in [0.29, 0.717) is 12.6 Å². The van der Waals surface area contributed by atoms with Crippen LogP contribution in [-0.2, 0) is 13.0 Å². The number of fused-ring (bicyclic) bond motifs is 2. The lowest BCUT2D eigenvalue weighted by molar-refractivity contribution is 0.310. The van der Waals surface area contributed by atoms with Gasteiger partial charge in [0.1, 0.15) is 12.4 Å². The first kappa shape index (κ1) is 21.8. The fraction of sp³-hybridized carbons (Fsp3) is 0.379. The number of para-hydroxylation sites is 2. The monoisotopic (exact) mass is 473 g/mol. The van der Waals surface area contributed by atoms with Crippen molar-refractivity contribution in [2.45, 2.75) is 38.3 Å². The van der Waals surface area contributed by atoms with Crippen LogP contribution in [0.2, 0.25) is 5.02 Å². The van der Waals surface area contributed by atoms with Gasteiger partial charge in [-0.1, -0.05) is 41.9 Å². The molecule has 5 heteroatoms. The summed E-state index contributed by atoms with van der Waals surface area (Å²) in [5, 5.41) is 0.773. The average molecular weight is 474 g/mol. The molecule has 3 aliphatic heterocycles. The Morgan fingerprint density at radius 1 is 0.882 bits per heavy atom. The number of benzene rings is 3. The van der Waals surface area contributed by atoms with Crippen LogP contribution in [-0.4, -0.2) is 43.7 Å². The fourth-order valence-electron chi connectivity index (χ4n) is 5.70. The van der Waals surface area contributed by atoms with Gasteiger partial charge in [-0.05, 0) is 67.6 Å². The van der Waals surface area contributed by atoms with Crippen LogP contribution >= 0.6 is 11.6 Å². The Morgan fingerprint density at radius 2 is 1.71 bits per heavy atom. The lowest BCUT2D eigenvalue weighted by atomic mass is 10.1. The van der Waals surface area contributed by atoms with Crippen molar-refractivity contribution >= 4 is 28.7 Å². The van der Waals surface area contributed by atoms with E-state index in [-0.39, 0.29) is 0 Å². The highest BCUT2D eigenvalue weighted by molar-refractivity contribution is 6.30. The van der Waals surface area contributed by atoms with Gasteiger partial charge in [0, 0.05) is 60.7 Å². The normalized spacial score (nSPS) is 20.1. The third-order valence-corrected chi connectivity index (χ3v) is 7.79. The van der Waals surface area contributed by atoms with Crippen LogP contribution in [0.15, 0.2) is 66.7 Å². The number of halogens is 1. The topological polar surface area (TPSA) is 19.0 Å². The molecule has 34 heavy (non-hydrogen) atoms. The molecule has 0 spiro atoms. The van der Waals surface area contributed by atoms with Gasteiger partial charge in [0.25, 0.3) is 0 Å². The first-order chi connectivity index (χ1) is 16.7. The molecule has 2 saturated heterocycles. The molecule has 4 nitrogen and oxygen atoms in total. The van der Waals surface area contributed by atoms with Gasteiger partial charge in [0.05, 0.1) is 5.69 Å². The van der Waals surface area contributed by atoms with Crippen molar-refractivity contribution in [2.75, 3.05) is 42.5 Å². The Kier molecular flexibility index (Phi) is 6.11. The molecule has 0 aromatic heterocycles. The number of likely N-dealkylation sites (tertiary alicyclic amines) is 1. The molecule has 0 saturated carbocycles. The second-order valence-electron chi connectivity index (χ2n) is 9.75. The number of anilines is 3. The van der Waals surface area contributed by atoms with Crippen molar-refractivity contribution in [3.8, 4) is 5.75 Å². The molecule has 1 unspecified atom stereocenters. The van der Waals surface area contributed by atoms with Crippen LogP contribution in [0.4, 0.5) is 17.1 Å². The Morgan fingerprint density at radius 3 is 2.56 bits per heavy atom. The zero-order valence-electron chi connectivity index (χ0n) is 19.6. The van der Waals surface area contributed by atoms with Crippen LogP contribution in [0.5, 0.6) is 5.75 Å². The van der Waals surface area contributed by atoms with E-state index in [9.17, 15) is 0 Å². The van der Waals surface area contributed by atoms with Gasteiger partial charge >= 0.3 is 0 Å². The first-order valence-electron chi connectivity index (χ1n) is 12.6. The quantitative estimate of drug-likeness (QED) is 0.433. The summed E-state index contributed by atoms with van der Waals surface area (Å²) < 4.78 is 6.18. The molecule has 3 aromatic rings. The lowest BCUT2D eigenvalue weighted by Crippen LogP contribution is -2.35. The molecule has 0 radical (unpaired) electrons. The highest BCUT2D eigenvalue weighted by Gasteiger charge is 2.33. The van der Waals surface area contributed by atoms with E-state index in [1.807, 2.05) is 6.07 Å². The smallest absolute Gasteiger partial charge is 0.143 e. The number of nitrogens with zero attached hydrogens (tertiary/aromatic N) is 3. The number of ether oxygens (including phenoxy) is 1. The van der Waals surface area contributed by atoms with E-state index >= 15 is 0 Å². The predicted molar refractivity (Wildman–Crippen MR) is 141 cm³/mol. The van der Waals surface area contributed by atoms with Crippen LogP contribution in [0, 0.1) is 0 Å². The van der Waals surface area contributed by atoms with Crippen LogP contribution in [0.1, 0.15) is 30.4 Å². The minimum absolute atomic E-state index is 0.401. The minimum Gasteiger partial charge on any atom is -0.487 e. The van der Waals surface area contributed by atoms with E-state index in [1.165, 1.54) is 48.4 Å². The zero-order chi connectivity index (χ0) is 22.9. The van der Waals surface area contributed by atoms with E-state index in [0.717, 1.165) is 48.9 Å². The van der Waals surface area contributed by atoms with Gasteiger partial charge in [-0.15, -0.1) is 0 Å². The molecule has 0 N–H and O–H groups in total. The predicted octanol–water partition coefficient (Wildman–Crippen LogP) is 6.29. The molecule has 3 aliphatic rings. The van der Waals surface area contributed by atoms with Gasteiger partial charge in [-0.3, -0.25) is 0 Å². The number of hydrogen-bond acceptors (Lipinski definition) is 4. The summed E-state index contributed by atoms with van der Waals surface area (Å²) in [5.74, 6) is 0.950. The van der Waals surface area contributed by atoms with Crippen molar-refractivity contribution in [1.29, 1.82) is 0 Å². The van der Waals surface area contributed by atoms with Gasteiger partial charge in [0.15, 0.2) is 0 Å². The number of hydrogen-bond donors (Lipinski definition) is 0. The van der Waals surface area contributed by atoms with Crippen LogP contribution in [0.3, 0.4) is 0 Å². The largest absolute Gasteiger partial charge is 0.487 e. The van der Waals surface area contributed by atoms with Crippen molar-refractivity contribution in [3.63, 3.8) is 0 Å². The molecule has 0 bridgehead atoms. The third-order valence-electron chi connectivity index (χ3n) is 7.55.